The van der Waals surface area contributed by atoms with Gasteiger partial charge in [0.25, 0.3) is 10.0 Å². The molecule has 0 bridgehead atoms. The summed E-state index contributed by atoms with van der Waals surface area (Å²) in [6.07, 6.45) is 0. The van der Waals surface area contributed by atoms with Crippen molar-refractivity contribution in [3.05, 3.63) is 51.5 Å². The standard InChI is InChI=1S/C12H9Cl3N2O2S/c13-7-1-3-9(14)12(5-7)20(18,19)17-8-2-4-11(16)10(15)6-8/h1-6,17H,16H2. The Morgan fingerprint density at radius 1 is 0.950 bits per heavy atom. The summed E-state index contributed by atoms with van der Waals surface area (Å²) in [5.74, 6) is 0. The molecule has 0 fully saturated rings. The second-order valence-electron chi connectivity index (χ2n) is 3.92. The van der Waals surface area contributed by atoms with Crippen molar-refractivity contribution in [3.8, 4) is 0 Å². The van der Waals surface area contributed by atoms with Gasteiger partial charge in [-0.05, 0) is 36.4 Å². The maximum Gasteiger partial charge on any atom is 0.263 e. The van der Waals surface area contributed by atoms with E-state index in [1.54, 1.807) is 0 Å². The van der Waals surface area contributed by atoms with Gasteiger partial charge >= 0.3 is 0 Å². The molecule has 2 aromatic rings. The predicted octanol–water partition coefficient (Wildman–Crippen LogP) is 4.03. The van der Waals surface area contributed by atoms with Crippen LogP contribution in [0.15, 0.2) is 41.3 Å². The van der Waals surface area contributed by atoms with E-state index in [9.17, 15) is 8.42 Å². The summed E-state index contributed by atoms with van der Waals surface area (Å²) >= 11 is 17.5. The number of anilines is 2. The average Bonchev–Trinajstić information content (AvgIpc) is 2.36. The van der Waals surface area contributed by atoms with Gasteiger partial charge in [0.15, 0.2) is 0 Å². The van der Waals surface area contributed by atoms with Crippen LogP contribution in [0.4, 0.5) is 11.4 Å². The second kappa shape index (κ2) is 5.69. The minimum Gasteiger partial charge on any atom is -0.398 e. The number of halogens is 3. The van der Waals surface area contributed by atoms with Crippen LogP contribution in [0, 0.1) is 0 Å². The summed E-state index contributed by atoms with van der Waals surface area (Å²) in [7, 11) is -3.86. The largest absolute Gasteiger partial charge is 0.398 e. The molecule has 20 heavy (non-hydrogen) atoms. The maximum atomic E-state index is 12.2. The third kappa shape index (κ3) is 3.30. The fourth-order valence-corrected chi connectivity index (χ4v) is 3.48. The molecular formula is C12H9Cl3N2O2S. The van der Waals surface area contributed by atoms with E-state index in [1.165, 1.54) is 36.4 Å². The molecular weight excluding hydrogens is 343 g/mol. The average molecular weight is 352 g/mol. The van der Waals surface area contributed by atoms with E-state index in [2.05, 4.69) is 4.72 Å². The zero-order valence-corrected chi connectivity index (χ0v) is 13.0. The number of nitrogen functional groups attached to an aromatic ring is 1. The summed E-state index contributed by atoms with van der Waals surface area (Å²) in [6.45, 7) is 0. The van der Waals surface area contributed by atoms with Crippen LogP contribution in [0.5, 0.6) is 0 Å². The van der Waals surface area contributed by atoms with Gasteiger partial charge in [0.05, 0.1) is 21.4 Å². The highest BCUT2D eigenvalue weighted by molar-refractivity contribution is 7.92. The topological polar surface area (TPSA) is 72.2 Å². The van der Waals surface area contributed by atoms with Gasteiger partial charge in [-0.15, -0.1) is 0 Å². The Balaban J connectivity index is 2.40. The molecule has 0 saturated carbocycles. The van der Waals surface area contributed by atoms with Gasteiger partial charge in [0.2, 0.25) is 0 Å². The lowest BCUT2D eigenvalue weighted by Crippen LogP contribution is -2.13. The molecule has 0 aliphatic rings. The van der Waals surface area contributed by atoms with Crippen LogP contribution in [0.2, 0.25) is 15.1 Å². The van der Waals surface area contributed by atoms with E-state index in [-0.39, 0.29) is 25.7 Å². The minimum absolute atomic E-state index is 0.0726. The van der Waals surface area contributed by atoms with Gasteiger partial charge in [0, 0.05) is 5.02 Å². The van der Waals surface area contributed by atoms with Crippen molar-refractivity contribution in [1.82, 2.24) is 0 Å². The zero-order valence-electron chi connectivity index (χ0n) is 9.90. The van der Waals surface area contributed by atoms with E-state index >= 15 is 0 Å². The maximum absolute atomic E-state index is 12.2. The van der Waals surface area contributed by atoms with Crippen molar-refractivity contribution in [1.29, 1.82) is 0 Å². The van der Waals surface area contributed by atoms with Crippen LogP contribution in [0.3, 0.4) is 0 Å². The van der Waals surface area contributed by atoms with Crippen molar-refractivity contribution >= 4 is 56.2 Å². The van der Waals surface area contributed by atoms with E-state index in [0.717, 1.165) is 0 Å². The van der Waals surface area contributed by atoms with Crippen molar-refractivity contribution in [3.63, 3.8) is 0 Å². The van der Waals surface area contributed by atoms with E-state index in [4.69, 9.17) is 40.5 Å². The highest BCUT2D eigenvalue weighted by Crippen LogP contribution is 2.28. The van der Waals surface area contributed by atoms with Gasteiger partial charge in [-0.25, -0.2) is 8.42 Å². The van der Waals surface area contributed by atoms with Crippen LogP contribution < -0.4 is 10.5 Å². The third-order valence-corrected chi connectivity index (χ3v) is 4.86. The Kier molecular flexibility index (Phi) is 4.34. The smallest absolute Gasteiger partial charge is 0.263 e. The van der Waals surface area contributed by atoms with Gasteiger partial charge < -0.3 is 5.73 Å². The number of sulfonamides is 1. The van der Waals surface area contributed by atoms with E-state index in [0.29, 0.717) is 5.69 Å². The third-order valence-electron chi connectivity index (χ3n) is 2.44. The van der Waals surface area contributed by atoms with Crippen LogP contribution in [0.25, 0.3) is 0 Å². The minimum atomic E-state index is -3.86. The van der Waals surface area contributed by atoms with Crippen molar-refractivity contribution in [2.45, 2.75) is 4.90 Å². The van der Waals surface area contributed by atoms with E-state index < -0.39 is 10.0 Å². The summed E-state index contributed by atoms with van der Waals surface area (Å²) in [5, 5.41) is 0.593. The molecule has 0 aromatic heterocycles. The number of nitrogens with two attached hydrogens (primary N) is 1. The molecule has 106 valence electrons. The lowest BCUT2D eigenvalue weighted by atomic mass is 10.3. The summed E-state index contributed by atoms with van der Waals surface area (Å²) < 4.78 is 26.8. The SMILES string of the molecule is Nc1ccc(NS(=O)(=O)c2cc(Cl)ccc2Cl)cc1Cl. The molecule has 4 nitrogen and oxygen atoms in total. The van der Waals surface area contributed by atoms with Gasteiger partial charge in [-0.1, -0.05) is 34.8 Å². The molecule has 0 unspecified atom stereocenters. The van der Waals surface area contributed by atoms with Crippen LogP contribution in [-0.2, 0) is 10.0 Å². The lowest BCUT2D eigenvalue weighted by Gasteiger charge is -2.10. The first-order valence-electron chi connectivity index (χ1n) is 5.32. The number of nitrogens with one attached hydrogen (secondary N) is 1. The van der Waals surface area contributed by atoms with Gasteiger partial charge in [0.1, 0.15) is 4.90 Å². The molecule has 0 aliphatic heterocycles. The molecule has 0 radical (unpaired) electrons. The molecule has 2 aromatic carbocycles. The highest BCUT2D eigenvalue weighted by Gasteiger charge is 2.18. The number of benzene rings is 2. The zero-order chi connectivity index (χ0) is 14.9. The Bertz CT molecular complexity index is 763. The van der Waals surface area contributed by atoms with Crippen molar-refractivity contribution in [2.75, 3.05) is 10.5 Å². The predicted molar refractivity (Wildman–Crippen MR) is 83.1 cm³/mol. The highest BCUT2D eigenvalue weighted by atomic mass is 35.5. The van der Waals surface area contributed by atoms with Crippen molar-refractivity contribution < 1.29 is 8.42 Å². The first-order valence-corrected chi connectivity index (χ1v) is 7.94. The number of hydrogen-bond donors (Lipinski definition) is 2. The summed E-state index contributed by atoms with van der Waals surface area (Å²) in [5.41, 5.74) is 6.19. The van der Waals surface area contributed by atoms with Crippen molar-refractivity contribution in [2.24, 2.45) is 0 Å². The Morgan fingerprint density at radius 3 is 2.30 bits per heavy atom. The van der Waals surface area contributed by atoms with E-state index in [1.807, 2.05) is 0 Å². The molecule has 2 rings (SSSR count). The molecule has 0 aliphatic carbocycles. The summed E-state index contributed by atoms with van der Waals surface area (Å²) in [4.78, 5) is -0.111. The number of rotatable bonds is 3. The Hall–Kier alpha value is -1.14. The molecule has 0 heterocycles. The van der Waals surface area contributed by atoms with Gasteiger partial charge in [-0.2, -0.15) is 0 Å². The molecule has 0 spiro atoms. The van der Waals surface area contributed by atoms with Gasteiger partial charge in [-0.3, -0.25) is 4.72 Å². The molecule has 0 atom stereocenters. The van der Waals surface area contributed by atoms with Crippen LogP contribution >= 0.6 is 34.8 Å². The molecule has 0 saturated heterocycles. The Labute approximate surface area is 131 Å². The normalized spacial score (nSPS) is 11.3. The Morgan fingerprint density at radius 2 is 1.65 bits per heavy atom. The number of hydrogen-bond acceptors (Lipinski definition) is 3. The monoisotopic (exact) mass is 350 g/mol. The molecule has 8 heteroatoms. The lowest BCUT2D eigenvalue weighted by molar-refractivity contribution is 0.601. The fraction of sp³-hybridized carbons (Fsp3) is 0. The quantitative estimate of drug-likeness (QED) is 0.820. The first kappa shape index (κ1) is 15.3. The van der Waals surface area contributed by atoms with Crippen LogP contribution in [-0.4, -0.2) is 8.42 Å². The second-order valence-corrected chi connectivity index (χ2v) is 6.82. The summed E-state index contributed by atoms with van der Waals surface area (Å²) in [6, 6.07) is 8.59. The first-order chi connectivity index (χ1) is 9.29. The molecule has 0 amide bonds. The fourth-order valence-electron chi connectivity index (χ4n) is 1.48. The van der Waals surface area contributed by atoms with Crippen LogP contribution in [0.1, 0.15) is 0 Å². The molecule has 3 N–H and O–H groups in total.